The number of hydrogen-bond acceptors (Lipinski definition) is 3. The van der Waals surface area contributed by atoms with Crippen molar-refractivity contribution in [1.29, 1.82) is 0 Å². The number of thiophene rings is 1. The van der Waals surface area contributed by atoms with E-state index in [1.165, 1.54) is 4.88 Å². The first-order valence-electron chi connectivity index (χ1n) is 6.33. The van der Waals surface area contributed by atoms with Gasteiger partial charge in [-0.25, -0.2) is 4.79 Å². The van der Waals surface area contributed by atoms with Gasteiger partial charge in [-0.3, -0.25) is 0 Å². The molecule has 0 aliphatic heterocycles. The molecular formula is C13H22N2O2S. The second-order valence-electron chi connectivity index (χ2n) is 4.38. The highest BCUT2D eigenvalue weighted by Crippen LogP contribution is 2.13. The summed E-state index contributed by atoms with van der Waals surface area (Å²) in [4.78, 5) is 14.7. The number of carbonyl (C=O) groups is 1. The summed E-state index contributed by atoms with van der Waals surface area (Å²) in [6.45, 7) is 5.71. The Balaban J connectivity index is 2.28. The minimum atomic E-state index is -0.0930. The van der Waals surface area contributed by atoms with Gasteiger partial charge in [0, 0.05) is 24.5 Å². The molecule has 1 aromatic heterocycles. The molecule has 4 nitrogen and oxygen atoms in total. The number of aliphatic hydroxyl groups excluding tert-OH is 1. The first kappa shape index (κ1) is 15.0. The summed E-state index contributed by atoms with van der Waals surface area (Å²) >= 11 is 1.75. The number of hydrogen-bond donors (Lipinski definition) is 2. The van der Waals surface area contributed by atoms with Crippen LogP contribution in [0.5, 0.6) is 0 Å². The normalized spacial score (nSPS) is 12.2. The average molecular weight is 270 g/mol. The Morgan fingerprint density at radius 2 is 2.39 bits per heavy atom. The van der Waals surface area contributed by atoms with Crippen LogP contribution in [0.2, 0.25) is 0 Å². The van der Waals surface area contributed by atoms with Crippen molar-refractivity contribution < 1.29 is 9.90 Å². The molecule has 1 atom stereocenters. The molecule has 0 fully saturated rings. The SMILES string of the molecule is CCN(CCO)C(=O)NCC(C)Cc1cccs1. The van der Waals surface area contributed by atoms with Gasteiger partial charge in [0.2, 0.25) is 0 Å². The quantitative estimate of drug-likeness (QED) is 0.795. The van der Waals surface area contributed by atoms with Crippen LogP contribution in [0.3, 0.4) is 0 Å². The number of aliphatic hydroxyl groups is 1. The van der Waals surface area contributed by atoms with Gasteiger partial charge in [0.15, 0.2) is 0 Å². The zero-order valence-electron chi connectivity index (χ0n) is 11.1. The third kappa shape index (κ3) is 5.06. The Hall–Kier alpha value is -1.07. The summed E-state index contributed by atoms with van der Waals surface area (Å²) in [6.07, 6.45) is 0.990. The lowest BCUT2D eigenvalue weighted by molar-refractivity contribution is 0.179. The lowest BCUT2D eigenvalue weighted by atomic mass is 10.1. The molecule has 0 radical (unpaired) electrons. The summed E-state index contributed by atoms with van der Waals surface area (Å²) in [7, 11) is 0. The molecule has 0 saturated carbocycles. The van der Waals surface area contributed by atoms with Crippen molar-refractivity contribution in [2.24, 2.45) is 5.92 Å². The topological polar surface area (TPSA) is 52.6 Å². The van der Waals surface area contributed by atoms with Gasteiger partial charge in [0.05, 0.1) is 6.61 Å². The third-order valence-corrected chi connectivity index (χ3v) is 3.67. The van der Waals surface area contributed by atoms with Crippen LogP contribution in [-0.4, -0.2) is 42.3 Å². The van der Waals surface area contributed by atoms with E-state index in [9.17, 15) is 4.79 Å². The molecule has 1 rings (SSSR count). The van der Waals surface area contributed by atoms with Gasteiger partial charge in [-0.2, -0.15) is 0 Å². The molecule has 0 bridgehead atoms. The Morgan fingerprint density at radius 3 is 2.94 bits per heavy atom. The first-order chi connectivity index (χ1) is 8.67. The molecular weight excluding hydrogens is 248 g/mol. The van der Waals surface area contributed by atoms with Crippen LogP contribution in [-0.2, 0) is 6.42 Å². The van der Waals surface area contributed by atoms with E-state index in [0.717, 1.165) is 6.42 Å². The van der Waals surface area contributed by atoms with Gasteiger partial charge in [0.1, 0.15) is 0 Å². The number of amides is 2. The molecule has 0 saturated heterocycles. The largest absolute Gasteiger partial charge is 0.395 e. The lowest BCUT2D eigenvalue weighted by Crippen LogP contribution is -2.42. The van der Waals surface area contributed by atoms with E-state index in [4.69, 9.17) is 5.11 Å². The Bertz CT molecular complexity index is 341. The fraction of sp³-hybridized carbons (Fsp3) is 0.615. The maximum Gasteiger partial charge on any atom is 0.317 e. The first-order valence-corrected chi connectivity index (χ1v) is 7.21. The minimum absolute atomic E-state index is 0.00596. The fourth-order valence-corrected chi connectivity index (χ4v) is 2.61. The summed E-state index contributed by atoms with van der Waals surface area (Å²) in [5.41, 5.74) is 0. The van der Waals surface area contributed by atoms with Gasteiger partial charge >= 0.3 is 6.03 Å². The smallest absolute Gasteiger partial charge is 0.317 e. The zero-order chi connectivity index (χ0) is 13.4. The third-order valence-electron chi connectivity index (χ3n) is 2.77. The highest BCUT2D eigenvalue weighted by Gasteiger charge is 2.12. The van der Waals surface area contributed by atoms with E-state index in [1.54, 1.807) is 16.2 Å². The fourth-order valence-electron chi connectivity index (χ4n) is 1.74. The van der Waals surface area contributed by atoms with E-state index in [0.29, 0.717) is 25.6 Å². The molecule has 2 amide bonds. The van der Waals surface area contributed by atoms with E-state index < -0.39 is 0 Å². The minimum Gasteiger partial charge on any atom is -0.395 e. The van der Waals surface area contributed by atoms with Gasteiger partial charge in [-0.05, 0) is 30.7 Å². The van der Waals surface area contributed by atoms with Crippen LogP contribution < -0.4 is 5.32 Å². The summed E-state index contributed by atoms with van der Waals surface area (Å²) in [5, 5.41) is 13.8. The van der Waals surface area contributed by atoms with E-state index in [-0.39, 0.29) is 12.6 Å². The van der Waals surface area contributed by atoms with Crippen LogP contribution in [0.4, 0.5) is 4.79 Å². The van der Waals surface area contributed by atoms with Crippen molar-refractivity contribution in [2.45, 2.75) is 20.3 Å². The van der Waals surface area contributed by atoms with Crippen molar-refractivity contribution in [1.82, 2.24) is 10.2 Å². The summed E-state index contributed by atoms with van der Waals surface area (Å²) in [5.74, 6) is 0.417. The standard InChI is InChI=1S/C13H22N2O2S/c1-3-15(6-7-16)13(17)14-10-11(2)9-12-5-4-8-18-12/h4-5,8,11,16H,3,6-7,9-10H2,1-2H3,(H,14,17). The molecule has 1 unspecified atom stereocenters. The molecule has 2 N–H and O–H groups in total. The zero-order valence-corrected chi connectivity index (χ0v) is 11.9. The van der Waals surface area contributed by atoms with Crippen molar-refractivity contribution in [3.05, 3.63) is 22.4 Å². The highest BCUT2D eigenvalue weighted by atomic mass is 32.1. The van der Waals surface area contributed by atoms with Crippen LogP contribution in [0, 0.1) is 5.92 Å². The highest BCUT2D eigenvalue weighted by molar-refractivity contribution is 7.09. The van der Waals surface area contributed by atoms with Crippen molar-refractivity contribution in [3.63, 3.8) is 0 Å². The molecule has 0 aromatic carbocycles. The Morgan fingerprint density at radius 1 is 1.61 bits per heavy atom. The average Bonchev–Trinajstić information content (AvgIpc) is 2.85. The van der Waals surface area contributed by atoms with Crippen molar-refractivity contribution >= 4 is 17.4 Å². The van der Waals surface area contributed by atoms with E-state index in [2.05, 4.69) is 23.7 Å². The predicted molar refractivity (Wildman–Crippen MR) is 74.9 cm³/mol. The van der Waals surface area contributed by atoms with Gasteiger partial charge in [-0.1, -0.05) is 13.0 Å². The molecule has 5 heteroatoms. The summed E-state index contributed by atoms with van der Waals surface area (Å²) in [6, 6.07) is 4.07. The molecule has 102 valence electrons. The lowest BCUT2D eigenvalue weighted by Gasteiger charge is -2.21. The van der Waals surface area contributed by atoms with Gasteiger partial charge in [0.25, 0.3) is 0 Å². The second-order valence-corrected chi connectivity index (χ2v) is 5.41. The Labute approximate surface area is 113 Å². The van der Waals surface area contributed by atoms with Crippen LogP contribution in [0.15, 0.2) is 17.5 Å². The van der Waals surface area contributed by atoms with Crippen LogP contribution >= 0.6 is 11.3 Å². The monoisotopic (exact) mass is 270 g/mol. The molecule has 0 aliphatic carbocycles. The van der Waals surface area contributed by atoms with Crippen molar-refractivity contribution in [2.75, 3.05) is 26.2 Å². The predicted octanol–water partition coefficient (Wildman–Crippen LogP) is 1.95. The molecule has 1 heterocycles. The Kier molecular flexibility index (Phi) is 6.75. The number of rotatable bonds is 7. The number of urea groups is 1. The van der Waals surface area contributed by atoms with Gasteiger partial charge in [-0.15, -0.1) is 11.3 Å². The van der Waals surface area contributed by atoms with Gasteiger partial charge < -0.3 is 15.3 Å². The maximum absolute atomic E-state index is 11.8. The second kappa shape index (κ2) is 8.11. The number of likely N-dealkylation sites (N-methyl/N-ethyl adjacent to an activating group) is 1. The van der Waals surface area contributed by atoms with Crippen molar-refractivity contribution in [3.8, 4) is 0 Å². The van der Waals surface area contributed by atoms with Crippen LogP contribution in [0.1, 0.15) is 18.7 Å². The van der Waals surface area contributed by atoms with Crippen LogP contribution in [0.25, 0.3) is 0 Å². The maximum atomic E-state index is 11.8. The van der Waals surface area contributed by atoms with E-state index in [1.807, 2.05) is 13.0 Å². The molecule has 0 aliphatic rings. The molecule has 1 aromatic rings. The molecule has 0 spiro atoms. The number of carbonyl (C=O) groups excluding carboxylic acids is 1. The number of nitrogens with one attached hydrogen (secondary N) is 1. The molecule has 18 heavy (non-hydrogen) atoms. The summed E-state index contributed by atoms with van der Waals surface area (Å²) < 4.78 is 0. The number of nitrogens with zero attached hydrogens (tertiary/aromatic N) is 1. The van der Waals surface area contributed by atoms with E-state index >= 15 is 0 Å².